The lowest BCUT2D eigenvalue weighted by molar-refractivity contribution is 0.0488. The second kappa shape index (κ2) is 4.78. The maximum Gasteiger partial charge on any atom is 0.273 e. The van der Waals surface area contributed by atoms with Crippen LogP contribution in [0.15, 0.2) is 12.1 Å². The lowest BCUT2D eigenvalue weighted by Gasteiger charge is -2.25. The van der Waals surface area contributed by atoms with E-state index < -0.39 is 0 Å². The highest BCUT2D eigenvalue weighted by Gasteiger charge is 2.45. The van der Waals surface area contributed by atoms with Crippen LogP contribution in [0, 0.1) is 0 Å². The van der Waals surface area contributed by atoms with E-state index in [4.69, 9.17) is 4.84 Å². The third-order valence-corrected chi connectivity index (χ3v) is 2.62. The Labute approximate surface area is 92.1 Å². The van der Waals surface area contributed by atoms with E-state index in [-0.39, 0.29) is 12.4 Å². The van der Waals surface area contributed by atoms with Gasteiger partial charge >= 0.3 is 0 Å². The van der Waals surface area contributed by atoms with Crippen molar-refractivity contribution in [1.82, 2.24) is 9.96 Å². The monoisotopic (exact) mass is 218 g/mol. The van der Waals surface area contributed by atoms with Gasteiger partial charge in [0.05, 0.1) is 6.20 Å². The van der Waals surface area contributed by atoms with Crippen LogP contribution in [0.5, 0.6) is 0 Å². The normalized spacial score (nSPS) is 22.4. The van der Waals surface area contributed by atoms with E-state index in [0.717, 1.165) is 5.88 Å². The Morgan fingerprint density at radius 1 is 1.36 bits per heavy atom. The van der Waals surface area contributed by atoms with Crippen molar-refractivity contribution >= 4 is 12.4 Å². The summed E-state index contributed by atoms with van der Waals surface area (Å²) in [4.78, 5) is 7.69. The van der Waals surface area contributed by atoms with Crippen LogP contribution in [-0.2, 0) is 4.84 Å². The van der Waals surface area contributed by atoms with E-state index in [0.29, 0.717) is 6.17 Å². The maximum atomic E-state index is 5.28. The molecule has 0 aliphatic carbocycles. The Hall–Kier alpha value is -0.570. The molecule has 1 atom stereocenters. The number of hydrogen-bond acceptors (Lipinski definition) is 3. The second-order valence-electron chi connectivity index (χ2n) is 3.75. The van der Waals surface area contributed by atoms with E-state index in [1.54, 1.807) is 0 Å². The van der Waals surface area contributed by atoms with Crippen LogP contribution >= 0.6 is 12.4 Å². The average Bonchev–Trinajstić information content (AvgIpc) is 2.82. The summed E-state index contributed by atoms with van der Waals surface area (Å²) in [6, 6.07) is 0. The molecule has 4 heteroatoms. The van der Waals surface area contributed by atoms with Crippen molar-refractivity contribution in [3.8, 4) is 0 Å². The van der Waals surface area contributed by atoms with Gasteiger partial charge in [-0.05, 0) is 12.8 Å². The summed E-state index contributed by atoms with van der Waals surface area (Å²) in [7, 11) is 0. The first-order chi connectivity index (χ1) is 6.36. The first-order valence-electron chi connectivity index (χ1n) is 5.31. The van der Waals surface area contributed by atoms with Crippen molar-refractivity contribution in [3.05, 3.63) is 12.1 Å². The van der Waals surface area contributed by atoms with Gasteiger partial charge in [0.2, 0.25) is 0 Å². The maximum absolute atomic E-state index is 5.28. The van der Waals surface area contributed by atoms with Gasteiger partial charge < -0.3 is 9.74 Å². The topological polar surface area (TPSA) is 18.8 Å². The fourth-order valence-electron chi connectivity index (χ4n) is 1.83. The van der Waals surface area contributed by atoms with E-state index in [1.165, 1.54) is 32.2 Å². The number of nitrogens with zero attached hydrogens (tertiary/aromatic N) is 2. The molecule has 1 fully saturated rings. The minimum Gasteiger partial charge on any atom is -0.352 e. The van der Waals surface area contributed by atoms with E-state index in [9.17, 15) is 0 Å². The van der Waals surface area contributed by atoms with E-state index in [2.05, 4.69) is 24.9 Å². The summed E-state index contributed by atoms with van der Waals surface area (Å²) >= 11 is 0. The smallest absolute Gasteiger partial charge is 0.273 e. The summed E-state index contributed by atoms with van der Waals surface area (Å²) in [6.07, 6.45) is 7.59. The van der Waals surface area contributed by atoms with Gasteiger partial charge in [0.25, 0.3) is 5.88 Å². The molecule has 3 nitrogen and oxygen atoms in total. The van der Waals surface area contributed by atoms with E-state index in [1.807, 2.05) is 5.06 Å². The molecule has 0 N–H and O–H groups in total. The predicted octanol–water partition coefficient (Wildman–Crippen LogP) is 2.70. The molecule has 2 rings (SSSR count). The molecular weight excluding hydrogens is 200 g/mol. The number of hydrogen-bond donors (Lipinski definition) is 0. The van der Waals surface area contributed by atoms with Crippen LogP contribution in [0.4, 0.5) is 0 Å². The van der Waals surface area contributed by atoms with Crippen molar-refractivity contribution in [3.63, 3.8) is 0 Å². The summed E-state index contributed by atoms with van der Waals surface area (Å²) in [5, 5.41) is 2.03. The summed E-state index contributed by atoms with van der Waals surface area (Å²) in [6.45, 7) is 5.62. The van der Waals surface area contributed by atoms with Gasteiger partial charge in [-0.1, -0.05) is 26.7 Å². The lowest BCUT2D eigenvalue weighted by atomic mass is 10.2. The quantitative estimate of drug-likeness (QED) is 0.662. The fraction of sp³-hybridized carbons (Fsp3) is 0.800. The first kappa shape index (κ1) is 11.5. The fourth-order valence-corrected chi connectivity index (χ4v) is 1.83. The zero-order valence-electron chi connectivity index (χ0n) is 8.90. The van der Waals surface area contributed by atoms with Gasteiger partial charge in [0, 0.05) is 6.54 Å². The third kappa shape index (κ3) is 2.08. The molecule has 82 valence electrons. The Morgan fingerprint density at radius 3 is 2.79 bits per heavy atom. The molecule has 1 saturated heterocycles. The molecule has 0 aromatic rings. The van der Waals surface area contributed by atoms with Gasteiger partial charge in [-0.25, -0.2) is 0 Å². The Bertz CT molecular complexity index is 220. The van der Waals surface area contributed by atoms with Crippen LogP contribution in [0.1, 0.15) is 39.5 Å². The van der Waals surface area contributed by atoms with E-state index >= 15 is 0 Å². The Balaban J connectivity index is 0.000000980. The standard InChI is InChI=1S/C10H18N2O.ClH/c1-3-5-7-11-8-10-12(13-10)9(11)6-4-2;/h8-9H,3-7H2,1-2H3;1H. The Kier molecular flexibility index (Phi) is 3.93. The van der Waals surface area contributed by atoms with Crippen LogP contribution in [0.2, 0.25) is 0 Å². The summed E-state index contributed by atoms with van der Waals surface area (Å²) in [5.74, 6) is 1.06. The molecule has 2 aliphatic heterocycles. The molecular formula is C10H19ClN2O. The highest BCUT2D eigenvalue weighted by molar-refractivity contribution is 5.85. The van der Waals surface area contributed by atoms with Crippen molar-refractivity contribution in [2.24, 2.45) is 0 Å². The SMILES string of the molecule is CCCCN1C=C2ON2C1CCC.Cl. The van der Waals surface area contributed by atoms with Crippen LogP contribution in [0.25, 0.3) is 0 Å². The second-order valence-corrected chi connectivity index (χ2v) is 3.75. The molecule has 0 spiro atoms. The summed E-state index contributed by atoms with van der Waals surface area (Å²) in [5.41, 5.74) is 0. The van der Waals surface area contributed by atoms with Crippen molar-refractivity contribution in [2.45, 2.75) is 45.7 Å². The molecule has 2 aliphatic rings. The van der Waals surface area contributed by atoms with Gasteiger partial charge in [-0.2, -0.15) is 0 Å². The molecule has 0 saturated carbocycles. The summed E-state index contributed by atoms with van der Waals surface area (Å²) < 4.78 is 0. The third-order valence-electron chi connectivity index (χ3n) is 2.62. The molecule has 14 heavy (non-hydrogen) atoms. The molecule has 0 bridgehead atoms. The number of hydroxylamine groups is 2. The predicted molar refractivity (Wildman–Crippen MR) is 58.6 cm³/mol. The van der Waals surface area contributed by atoms with Crippen LogP contribution in [0.3, 0.4) is 0 Å². The van der Waals surface area contributed by atoms with Gasteiger partial charge in [-0.3, -0.25) is 0 Å². The average molecular weight is 219 g/mol. The number of rotatable bonds is 5. The van der Waals surface area contributed by atoms with Crippen LogP contribution in [-0.4, -0.2) is 22.7 Å². The molecule has 0 aromatic heterocycles. The minimum absolute atomic E-state index is 0. The molecule has 1 unspecified atom stereocenters. The molecule has 0 radical (unpaired) electrons. The van der Waals surface area contributed by atoms with Gasteiger partial charge in [-0.15, -0.1) is 17.5 Å². The molecule has 0 amide bonds. The zero-order valence-corrected chi connectivity index (χ0v) is 9.72. The highest BCUT2D eigenvalue weighted by Crippen LogP contribution is 2.38. The first-order valence-corrected chi connectivity index (χ1v) is 5.31. The van der Waals surface area contributed by atoms with Crippen molar-refractivity contribution in [1.29, 1.82) is 0 Å². The highest BCUT2D eigenvalue weighted by atomic mass is 35.5. The number of halogens is 1. The van der Waals surface area contributed by atoms with Gasteiger partial charge in [0.1, 0.15) is 6.17 Å². The van der Waals surface area contributed by atoms with Crippen molar-refractivity contribution < 1.29 is 4.84 Å². The zero-order chi connectivity index (χ0) is 9.26. The number of fused-ring (bicyclic) bond motifs is 1. The largest absolute Gasteiger partial charge is 0.352 e. The van der Waals surface area contributed by atoms with Gasteiger partial charge in [0.15, 0.2) is 0 Å². The van der Waals surface area contributed by atoms with Crippen molar-refractivity contribution in [2.75, 3.05) is 6.54 Å². The minimum atomic E-state index is 0. The van der Waals surface area contributed by atoms with Crippen LogP contribution < -0.4 is 0 Å². The Morgan fingerprint density at radius 2 is 2.14 bits per heavy atom. The molecule has 0 aromatic carbocycles. The lowest BCUT2D eigenvalue weighted by Crippen LogP contribution is -2.34. The number of unbranched alkanes of at least 4 members (excludes halogenated alkanes) is 1. The molecule has 2 heterocycles.